The van der Waals surface area contributed by atoms with Crippen LogP contribution in [0.5, 0.6) is 0 Å². The molecule has 1 atom stereocenters. The van der Waals surface area contributed by atoms with E-state index in [0.717, 1.165) is 23.4 Å². The topological polar surface area (TPSA) is 120 Å². The number of piperidine rings is 1. The smallest absolute Gasteiger partial charge is 0.256 e. The average Bonchev–Trinajstić information content (AvgIpc) is 3.52. The van der Waals surface area contributed by atoms with Crippen LogP contribution in [-0.4, -0.2) is 68.5 Å². The summed E-state index contributed by atoms with van der Waals surface area (Å²) in [6.07, 6.45) is 7.59. The summed E-state index contributed by atoms with van der Waals surface area (Å²) in [7, 11) is 3.40. The normalized spacial score (nSPS) is 14.1. The van der Waals surface area contributed by atoms with E-state index in [2.05, 4.69) is 26.5 Å². The Morgan fingerprint density at radius 3 is 2.55 bits per heavy atom. The van der Waals surface area contributed by atoms with E-state index < -0.39 is 17.5 Å². The van der Waals surface area contributed by atoms with E-state index in [4.69, 9.17) is 0 Å². The fourth-order valence-corrected chi connectivity index (χ4v) is 5.31. The Hall–Kier alpha value is -5.18. The van der Waals surface area contributed by atoms with Gasteiger partial charge >= 0.3 is 0 Å². The first-order valence-electron chi connectivity index (χ1n) is 14.3. The Labute approximate surface area is 254 Å². The van der Waals surface area contributed by atoms with Gasteiger partial charge in [0.1, 0.15) is 11.6 Å². The van der Waals surface area contributed by atoms with E-state index in [-0.39, 0.29) is 29.9 Å². The van der Waals surface area contributed by atoms with Crippen molar-refractivity contribution in [3.63, 3.8) is 0 Å². The SMILES string of the molecule is CN(C)C(=O)c1ccc(Nc2nccc(-c3cnn(C(CC#N)CC4CCN(C(=O)c5ccc(F)cc5F)CC4)c3)n2)cc1. The Kier molecular flexibility index (Phi) is 9.23. The number of halogens is 2. The maximum absolute atomic E-state index is 14.1. The van der Waals surface area contributed by atoms with Crippen LogP contribution in [0.3, 0.4) is 0 Å². The molecule has 1 N–H and O–H groups in total. The third-order valence-electron chi connectivity index (χ3n) is 7.72. The molecule has 0 spiro atoms. The number of nitrogens with zero attached hydrogens (tertiary/aromatic N) is 7. The summed E-state index contributed by atoms with van der Waals surface area (Å²) in [5.41, 5.74) is 2.61. The van der Waals surface area contributed by atoms with Gasteiger partial charge in [-0.15, -0.1) is 0 Å². The summed E-state index contributed by atoms with van der Waals surface area (Å²) in [5.74, 6) is -1.47. The van der Waals surface area contributed by atoms with Gasteiger partial charge < -0.3 is 15.1 Å². The van der Waals surface area contributed by atoms with Crippen LogP contribution in [0.25, 0.3) is 11.3 Å². The van der Waals surface area contributed by atoms with Gasteiger partial charge in [0.05, 0.1) is 36.0 Å². The van der Waals surface area contributed by atoms with Crippen molar-refractivity contribution in [3.05, 3.63) is 89.9 Å². The summed E-state index contributed by atoms with van der Waals surface area (Å²) in [4.78, 5) is 37.0. The second-order valence-electron chi connectivity index (χ2n) is 11.0. The predicted octanol–water partition coefficient (Wildman–Crippen LogP) is 5.46. The third-order valence-corrected chi connectivity index (χ3v) is 7.72. The highest BCUT2D eigenvalue weighted by atomic mass is 19.1. The molecule has 2 amide bonds. The number of amides is 2. The second-order valence-corrected chi connectivity index (χ2v) is 11.0. The van der Waals surface area contributed by atoms with E-state index in [1.54, 1.807) is 66.4 Å². The fourth-order valence-electron chi connectivity index (χ4n) is 5.31. The zero-order valence-electron chi connectivity index (χ0n) is 24.5. The van der Waals surface area contributed by atoms with Crippen LogP contribution >= 0.6 is 0 Å². The number of nitriles is 1. The second kappa shape index (κ2) is 13.4. The molecule has 0 bridgehead atoms. The Morgan fingerprint density at radius 2 is 1.86 bits per heavy atom. The van der Waals surface area contributed by atoms with E-state index in [1.807, 2.05) is 6.20 Å². The zero-order chi connectivity index (χ0) is 31.2. The van der Waals surface area contributed by atoms with Gasteiger partial charge in [0.2, 0.25) is 5.95 Å². The molecule has 1 saturated heterocycles. The maximum Gasteiger partial charge on any atom is 0.256 e. The van der Waals surface area contributed by atoms with Crippen LogP contribution in [0.2, 0.25) is 0 Å². The number of hydrogen-bond donors (Lipinski definition) is 1. The number of anilines is 2. The Morgan fingerprint density at radius 1 is 1.11 bits per heavy atom. The highest BCUT2D eigenvalue weighted by Crippen LogP contribution is 2.30. The van der Waals surface area contributed by atoms with Crippen molar-refractivity contribution in [1.82, 2.24) is 29.5 Å². The van der Waals surface area contributed by atoms with Crippen LogP contribution in [0, 0.1) is 28.9 Å². The molecule has 1 aliphatic heterocycles. The van der Waals surface area contributed by atoms with Crippen molar-refractivity contribution in [3.8, 4) is 17.3 Å². The van der Waals surface area contributed by atoms with Crippen molar-refractivity contribution in [2.24, 2.45) is 5.92 Å². The summed E-state index contributed by atoms with van der Waals surface area (Å²) < 4.78 is 29.2. The third kappa shape index (κ3) is 7.06. The first-order chi connectivity index (χ1) is 21.2. The van der Waals surface area contributed by atoms with Crippen LogP contribution in [0.1, 0.15) is 52.4 Å². The molecule has 5 rings (SSSR count). The number of hydrogen-bond acceptors (Lipinski definition) is 7. The minimum atomic E-state index is -0.862. The van der Waals surface area contributed by atoms with Gasteiger partial charge in [0, 0.05) is 62.5 Å². The van der Waals surface area contributed by atoms with Crippen molar-refractivity contribution in [2.45, 2.75) is 31.7 Å². The lowest BCUT2D eigenvalue weighted by molar-refractivity contribution is 0.0673. The first kappa shape index (κ1) is 30.3. The number of rotatable bonds is 9. The lowest BCUT2D eigenvalue weighted by Gasteiger charge is -2.33. The number of carbonyl (C=O) groups excluding carboxylic acids is 2. The van der Waals surface area contributed by atoms with Gasteiger partial charge in [-0.3, -0.25) is 14.3 Å². The highest BCUT2D eigenvalue weighted by molar-refractivity contribution is 5.95. The summed E-state index contributed by atoms with van der Waals surface area (Å²) >= 11 is 0. The standard InChI is InChI=1S/C32H32F2N8O2/c1-40(2)30(43)22-3-6-25(7-4-22)38-32-36-14-10-29(39-32)23-19-37-42(20-23)26(9-13-35)17-21-11-15-41(16-12-21)31(44)27-8-5-24(33)18-28(27)34/h3-8,10,14,18-21,26H,9,11-12,15-17H2,1-2H3,(H,36,38,39). The number of likely N-dealkylation sites (tertiary alicyclic amines) is 1. The Balaban J connectivity index is 1.21. The van der Waals surface area contributed by atoms with Crippen molar-refractivity contribution < 1.29 is 18.4 Å². The summed E-state index contributed by atoms with van der Waals surface area (Å²) in [5, 5.41) is 17.2. The van der Waals surface area contributed by atoms with Gasteiger partial charge in [0.25, 0.3) is 11.8 Å². The molecule has 2 aromatic heterocycles. The number of carbonyl (C=O) groups is 2. The van der Waals surface area contributed by atoms with E-state index in [0.29, 0.717) is 49.6 Å². The molecule has 3 heterocycles. The maximum atomic E-state index is 14.1. The minimum absolute atomic E-state index is 0.0828. The van der Waals surface area contributed by atoms with Crippen LogP contribution in [0.15, 0.2) is 67.1 Å². The predicted molar refractivity (Wildman–Crippen MR) is 160 cm³/mol. The molecule has 1 fully saturated rings. The van der Waals surface area contributed by atoms with Gasteiger partial charge in [-0.1, -0.05) is 0 Å². The molecule has 10 nitrogen and oxygen atoms in total. The molecule has 0 radical (unpaired) electrons. The number of aromatic nitrogens is 4. The molecular formula is C32H32F2N8O2. The van der Waals surface area contributed by atoms with E-state index in [1.165, 1.54) is 11.0 Å². The lowest BCUT2D eigenvalue weighted by atomic mass is 9.89. The average molecular weight is 599 g/mol. The van der Waals surface area contributed by atoms with Gasteiger partial charge in [-0.05, 0) is 67.6 Å². The minimum Gasteiger partial charge on any atom is -0.345 e. The number of nitrogens with one attached hydrogen (secondary N) is 1. The Bertz CT molecular complexity index is 1670. The monoisotopic (exact) mass is 598 g/mol. The lowest BCUT2D eigenvalue weighted by Crippen LogP contribution is -2.39. The number of benzene rings is 2. The van der Waals surface area contributed by atoms with Crippen LogP contribution < -0.4 is 5.32 Å². The largest absolute Gasteiger partial charge is 0.345 e. The molecule has 1 unspecified atom stereocenters. The fraction of sp³-hybridized carbons (Fsp3) is 0.312. The highest BCUT2D eigenvalue weighted by Gasteiger charge is 2.28. The molecular weight excluding hydrogens is 566 g/mol. The molecule has 44 heavy (non-hydrogen) atoms. The van der Waals surface area contributed by atoms with Crippen LogP contribution in [0.4, 0.5) is 20.4 Å². The molecule has 2 aromatic carbocycles. The molecule has 0 saturated carbocycles. The first-order valence-corrected chi connectivity index (χ1v) is 14.3. The van der Waals surface area contributed by atoms with Gasteiger partial charge in [-0.25, -0.2) is 18.7 Å². The van der Waals surface area contributed by atoms with Gasteiger partial charge in [-0.2, -0.15) is 10.4 Å². The van der Waals surface area contributed by atoms with Crippen molar-refractivity contribution >= 4 is 23.5 Å². The molecule has 1 aliphatic rings. The molecule has 226 valence electrons. The zero-order valence-corrected chi connectivity index (χ0v) is 24.5. The summed E-state index contributed by atoms with van der Waals surface area (Å²) in [6.45, 7) is 0.907. The molecule has 12 heteroatoms. The van der Waals surface area contributed by atoms with Gasteiger partial charge in [0.15, 0.2) is 0 Å². The van der Waals surface area contributed by atoms with Crippen LogP contribution in [-0.2, 0) is 0 Å². The van der Waals surface area contributed by atoms with E-state index >= 15 is 0 Å². The molecule has 0 aliphatic carbocycles. The van der Waals surface area contributed by atoms with E-state index in [9.17, 15) is 23.6 Å². The summed E-state index contributed by atoms with van der Waals surface area (Å²) in [6, 6.07) is 13.9. The van der Waals surface area contributed by atoms with Crippen molar-refractivity contribution in [2.75, 3.05) is 32.5 Å². The quantitative estimate of drug-likeness (QED) is 0.272. The van der Waals surface area contributed by atoms with Crippen molar-refractivity contribution in [1.29, 1.82) is 5.26 Å². The molecule has 4 aromatic rings.